The summed E-state index contributed by atoms with van der Waals surface area (Å²) in [6.45, 7) is -0.0315. The summed E-state index contributed by atoms with van der Waals surface area (Å²) in [4.78, 5) is 10.8. The van der Waals surface area contributed by atoms with Crippen molar-refractivity contribution in [3.8, 4) is 0 Å². The van der Waals surface area contributed by atoms with Crippen molar-refractivity contribution in [1.82, 2.24) is 0 Å². The van der Waals surface area contributed by atoms with Crippen LogP contribution in [-0.4, -0.2) is 24.8 Å². The van der Waals surface area contributed by atoms with Crippen LogP contribution in [0.3, 0.4) is 0 Å². The van der Waals surface area contributed by atoms with Crippen LogP contribution in [0.25, 0.3) is 0 Å². The molecule has 0 aliphatic rings. The second-order valence-electron chi connectivity index (χ2n) is 2.87. The van der Waals surface area contributed by atoms with Gasteiger partial charge in [-0.15, -0.1) is 0 Å². The van der Waals surface area contributed by atoms with Crippen LogP contribution < -0.4 is 0 Å². The molecule has 1 aromatic rings. The Morgan fingerprint density at radius 3 is 2.71 bits per heavy atom. The standard InChI is InChI=1S/C10H11FO3/c1-14-6-8(10(12)13)7-4-2-3-5-9(7)11/h2-5,8H,6H2,1H3,(H,12,13). The molecule has 0 heterocycles. The minimum atomic E-state index is -1.09. The molecule has 0 aliphatic carbocycles. The number of ether oxygens (including phenoxy) is 1. The predicted molar refractivity (Wildman–Crippen MR) is 48.7 cm³/mol. The smallest absolute Gasteiger partial charge is 0.313 e. The van der Waals surface area contributed by atoms with Crippen LogP contribution in [0.4, 0.5) is 4.39 Å². The number of halogens is 1. The average Bonchev–Trinajstić information content (AvgIpc) is 2.15. The SMILES string of the molecule is COCC(C(=O)O)c1ccccc1F. The lowest BCUT2D eigenvalue weighted by molar-refractivity contribution is -0.140. The number of carboxylic acid groups (broad SMARTS) is 1. The van der Waals surface area contributed by atoms with E-state index in [-0.39, 0.29) is 12.2 Å². The number of rotatable bonds is 4. The molecule has 0 saturated carbocycles. The molecule has 1 N–H and O–H groups in total. The summed E-state index contributed by atoms with van der Waals surface area (Å²) >= 11 is 0. The maximum Gasteiger partial charge on any atom is 0.313 e. The summed E-state index contributed by atoms with van der Waals surface area (Å²) in [6, 6.07) is 5.81. The molecule has 76 valence electrons. The third kappa shape index (κ3) is 2.29. The second kappa shape index (κ2) is 4.72. The van der Waals surface area contributed by atoms with Crippen LogP contribution in [-0.2, 0) is 9.53 Å². The van der Waals surface area contributed by atoms with Gasteiger partial charge in [0.25, 0.3) is 0 Å². The van der Waals surface area contributed by atoms with Gasteiger partial charge in [0.1, 0.15) is 11.7 Å². The summed E-state index contributed by atoms with van der Waals surface area (Å²) in [6.07, 6.45) is 0. The second-order valence-corrected chi connectivity index (χ2v) is 2.87. The molecule has 0 aromatic heterocycles. The van der Waals surface area contributed by atoms with Crippen molar-refractivity contribution in [2.45, 2.75) is 5.92 Å². The molecule has 0 bridgehead atoms. The van der Waals surface area contributed by atoms with E-state index in [1.165, 1.54) is 25.3 Å². The zero-order chi connectivity index (χ0) is 10.6. The van der Waals surface area contributed by atoms with Crippen molar-refractivity contribution < 1.29 is 19.0 Å². The van der Waals surface area contributed by atoms with E-state index in [0.29, 0.717) is 0 Å². The Labute approximate surface area is 81.1 Å². The fourth-order valence-corrected chi connectivity index (χ4v) is 1.22. The van der Waals surface area contributed by atoms with Gasteiger partial charge in [-0.3, -0.25) is 4.79 Å². The van der Waals surface area contributed by atoms with Gasteiger partial charge in [-0.1, -0.05) is 18.2 Å². The van der Waals surface area contributed by atoms with E-state index in [1.807, 2.05) is 0 Å². The van der Waals surface area contributed by atoms with Crippen LogP contribution in [0.2, 0.25) is 0 Å². The third-order valence-electron chi connectivity index (χ3n) is 1.91. The molecule has 4 heteroatoms. The van der Waals surface area contributed by atoms with Crippen molar-refractivity contribution >= 4 is 5.97 Å². The van der Waals surface area contributed by atoms with E-state index in [9.17, 15) is 9.18 Å². The Hall–Kier alpha value is -1.42. The van der Waals surface area contributed by atoms with E-state index in [1.54, 1.807) is 6.07 Å². The molecule has 0 saturated heterocycles. The van der Waals surface area contributed by atoms with E-state index in [0.717, 1.165) is 0 Å². The topological polar surface area (TPSA) is 46.5 Å². The lowest BCUT2D eigenvalue weighted by Crippen LogP contribution is -2.18. The highest BCUT2D eigenvalue weighted by Crippen LogP contribution is 2.19. The monoisotopic (exact) mass is 198 g/mol. The van der Waals surface area contributed by atoms with Crippen molar-refractivity contribution in [2.24, 2.45) is 0 Å². The Kier molecular flexibility index (Phi) is 3.59. The minimum Gasteiger partial charge on any atom is -0.481 e. The average molecular weight is 198 g/mol. The number of hydrogen-bond acceptors (Lipinski definition) is 2. The van der Waals surface area contributed by atoms with Gasteiger partial charge >= 0.3 is 5.97 Å². The Balaban J connectivity index is 2.99. The number of carboxylic acids is 1. The third-order valence-corrected chi connectivity index (χ3v) is 1.91. The highest BCUT2D eigenvalue weighted by molar-refractivity contribution is 5.76. The molecule has 3 nitrogen and oxygen atoms in total. The summed E-state index contributed by atoms with van der Waals surface area (Å²) in [5.74, 6) is -2.55. The van der Waals surface area contributed by atoms with Crippen molar-refractivity contribution in [1.29, 1.82) is 0 Å². The summed E-state index contributed by atoms with van der Waals surface area (Å²) in [5, 5.41) is 8.84. The molecular weight excluding hydrogens is 187 g/mol. The van der Waals surface area contributed by atoms with Gasteiger partial charge < -0.3 is 9.84 Å². The van der Waals surface area contributed by atoms with E-state index >= 15 is 0 Å². The van der Waals surface area contributed by atoms with Gasteiger partial charge in [0.2, 0.25) is 0 Å². The van der Waals surface area contributed by atoms with Crippen molar-refractivity contribution in [3.05, 3.63) is 35.6 Å². The van der Waals surface area contributed by atoms with Gasteiger partial charge in [0.05, 0.1) is 6.61 Å². The van der Waals surface area contributed by atoms with Crippen molar-refractivity contribution in [3.63, 3.8) is 0 Å². The van der Waals surface area contributed by atoms with Crippen LogP contribution in [0.1, 0.15) is 11.5 Å². The fraction of sp³-hybridized carbons (Fsp3) is 0.300. The zero-order valence-corrected chi connectivity index (χ0v) is 7.74. The van der Waals surface area contributed by atoms with E-state index in [4.69, 9.17) is 9.84 Å². The van der Waals surface area contributed by atoms with E-state index < -0.39 is 17.7 Å². The molecular formula is C10H11FO3. The van der Waals surface area contributed by atoms with Gasteiger partial charge in [-0.25, -0.2) is 4.39 Å². The molecule has 14 heavy (non-hydrogen) atoms. The molecule has 0 amide bonds. The van der Waals surface area contributed by atoms with Crippen LogP contribution in [0.15, 0.2) is 24.3 Å². The first kappa shape index (κ1) is 10.7. The summed E-state index contributed by atoms with van der Waals surface area (Å²) < 4.78 is 17.9. The number of hydrogen-bond donors (Lipinski definition) is 1. The molecule has 0 spiro atoms. The molecule has 1 unspecified atom stereocenters. The number of methoxy groups -OCH3 is 1. The molecule has 0 fully saturated rings. The highest BCUT2D eigenvalue weighted by atomic mass is 19.1. The lowest BCUT2D eigenvalue weighted by atomic mass is 10.00. The molecule has 0 radical (unpaired) electrons. The molecule has 0 aliphatic heterocycles. The first-order valence-electron chi connectivity index (χ1n) is 4.13. The fourth-order valence-electron chi connectivity index (χ4n) is 1.22. The number of carbonyl (C=O) groups is 1. The summed E-state index contributed by atoms with van der Waals surface area (Å²) in [7, 11) is 1.39. The zero-order valence-electron chi connectivity index (χ0n) is 7.74. The largest absolute Gasteiger partial charge is 0.481 e. The van der Waals surface area contributed by atoms with Gasteiger partial charge in [0, 0.05) is 12.7 Å². The summed E-state index contributed by atoms with van der Waals surface area (Å²) in [5.41, 5.74) is 0.154. The number of benzene rings is 1. The Bertz CT molecular complexity index is 325. The maximum atomic E-state index is 13.2. The first-order valence-corrected chi connectivity index (χ1v) is 4.13. The Morgan fingerprint density at radius 1 is 1.57 bits per heavy atom. The number of aliphatic carboxylic acids is 1. The quantitative estimate of drug-likeness (QED) is 0.799. The van der Waals surface area contributed by atoms with Crippen LogP contribution in [0, 0.1) is 5.82 Å². The van der Waals surface area contributed by atoms with Crippen LogP contribution >= 0.6 is 0 Å². The maximum absolute atomic E-state index is 13.2. The molecule has 1 aromatic carbocycles. The molecule has 1 rings (SSSR count). The normalized spacial score (nSPS) is 12.4. The predicted octanol–water partition coefficient (Wildman–Crippen LogP) is 1.64. The lowest BCUT2D eigenvalue weighted by Gasteiger charge is -2.11. The molecule has 1 atom stereocenters. The highest BCUT2D eigenvalue weighted by Gasteiger charge is 2.22. The minimum absolute atomic E-state index is 0.0315. The van der Waals surface area contributed by atoms with Crippen molar-refractivity contribution in [2.75, 3.05) is 13.7 Å². The van der Waals surface area contributed by atoms with Gasteiger partial charge in [-0.2, -0.15) is 0 Å². The van der Waals surface area contributed by atoms with Crippen LogP contribution in [0.5, 0.6) is 0 Å². The van der Waals surface area contributed by atoms with Gasteiger partial charge in [0.15, 0.2) is 0 Å². The Morgan fingerprint density at radius 2 is 2.21 bits per heavy atom. The first-order chi connectivity index (χ1) is 6.66. The van der Waals surface area contributed by atoms with Gasteiger partial charge in [-0.05, 0) is 6.07 Å². The van der Waals surface area contributed by atoms with E-state index in [2.05, 4.69) is 0 Å².